The number of hydrogen-bond donors (Lipinski definition) is 2. The van der Waals surface area contributed by atoms with Crippen LogP contribution in [0.3, 0.4) is 0 Å². The van der Waals surface area contributed by atoms with E-state index in [0.717, 1.165) is 16.9 Å². The van der Waals surface area contributed by atoms with Gasteiger partial charge < -0.3 is 10.2 Å². The molecule has 22 heavy (non-hydrogen) atoms. The van der Waals surface area contributed by atoms with E-state index in [1.165, 1.54) is 11.8 Å². The highest BCUT2D eigenvalue weighted by Gasteiger charge is 2.13. The third-order valence-electron chi connectivity index (χ3n) is 2.93. The molecule has 1 aromatic heterocycles. The Hall–Kier alpha value is -1.50. The van der Waals surface area contributed by atoms with Gasteiger partial charge in [-0.2, -0.15) is 0 Å². The van der Waals surface area contributed by atoms with Crippen LogP contribution in [-0.4, -0.2) is 22.3 Å². The van der Waals surface area contributed by atoms with Crippen LogP contribution in [0.4, 0.5) is 5.82 Å². The summed E-state index contributed by atoms with van der Waals surface area (Å²) in [6, 6.07) is 7.87. The summed E-state index contributed by atoms with van der Waals surface area (Å²) in [6.07, 6.45) is 2.63. The summed E-state index contributed by atoms with van der Waals surface area (Å²) in [7, 11) is 0. The Kier molecular flexibility index (Phi) is 5.88. The third kappa shape index (κ3) is 4.25. The Balaban J connectivity index is 2.23. The first-order valence-electron chi connectivity index (χ1n) is 6.86. The number of nitrogens with zero attached hydrogens (tertiary/aromatic N) is 2. The number of nitrogens with one attached hydrogen (secondary N) is 1. The van der Waals surface area contributed by atoms with Crippen LogP contribution in [0.1, 0.15) is 25.0 Å². The molecule has 5 nitrogen and oxygen atoms in total. The standard InChI is InChI=1S/C15H19ClN4OS/c1-9(2)21-11-6-4-10(5-7-11)8-12-13(16)18-15(22-3)19-14(12)20-17/h4-7,9H,8,17H2,1-3H3,(H,18,19,20). The minimum atomic E-state index is 0.154. The fourth-order valence-corrected chi connectivity index (χ4v) is 2.62. The van der Waals surface area contributed by atoms with Crippen molar-refractivity contribution in [2.75, 3.05) is 11.7 Å². The molecule has 0 fully saturated rings. The van der Waals surface area contributed by atoms with Crippen LogP contribution in [0.25, 0.3) is 0 Å². The van der Waals surface area contributed by atoms with E-state index in [1.54, 1.807) is 0 Å². The maximum absolute atomic E-state index is 6.26. The van der Waals surface area contributed by atoms with E-state index < -0.39 is 0 Å². The van der Waals surface area contributed by atoms with Gasteiger partial charge in [-0.25, -0.2) is 15.8 Å². The zero-order valence-electron chi connectivity index (χ0n) is 12.8. The zero-order valence-corrected chi connectivity index (χ0v) is 14.3. The number of ether oxygens (including phenoxy) is 1. The average molecular weight is 339 g/mol. The summed E-state index contributed by atoms with van der Waals surface area (Å²) in [5.74, 6) is 6.94. The summed E-state index contributed by atoms with van der Waals surface area (Å²) in [4.78, 5) is 8.58. The molecule has 0 atom stereocenters. The molecule has 0 amide bonds. The number of halogens is 1. The van der Waals surface area contributed by atoms with Crippen LogP contribution >= 0.6 is 23.4 Å². The lowest BCUT2D eigenvalue weighted by Gasteiger charge is -2.12. The molecule has 1 heterocycles. The first kappa shape index (κ1) is 16.9. The number of thioether (sulfide) groups is 1. The number of hydrazine groups is 1. The van der Waals surface area contributed by atoms with E-state index in [-0.39, 0.29) is 6.10 Å². The van der Waals surface area contributed by atoms with Crippen molar-refractivity contribution >= 4 is 29.2 Å². The first-order chi connectivity index (χ1) is 10.5. The Morgan fingerprint density at radius 2 is 1.95 bits per heavy atom. The number of aromatic nitrogens is 2. The third-order valence-corrected chi connectivity index (χ3v) is 3.79. The molecular weight excluding hydrogens is 320 g/mol. The lowest BCUT2D eigenvalue weighted by molar-refractivity contribution is 0.242. The average Bonchev–Trinajstić information content (AvgIpc) is 2.50. The number of rotatable bonds is 6. The smallest absolute Gasteiger partial charge is 0.190 e. The second-order valence-corrected chi connectivity index (χ2v) is 6.09. The van der Waals surface area contributed by atoms with Gasteiger partial charge in [0.15, 0.2) is 5.16 Å². The molecule has 2 aromatic rings. The van der Waals surface area contributed by atoms with Crippen LogP contribution in [-0.2, 0) is 6.42 Å². The van der Waals surface area contributed by atoms with E-state index in [0.29, 0.717) is 22.5 Å². The zero-order chi connectivity index (χ0) is 16.1. The minimum absolute atomic E-state index is 0.154. The predicted molar refractivity (Wildman–Crippen MR) is 91.6 cm³/mol. The van der Waals surface area contributed by atoms with Crippen molar-refractivity contribution in [2.24, 2.45) is 5.84 Å². The normalized spacial score (nSPS) is 10.8. The van der Waals surface area contributed by atoms with Gasteiger partial charge in [0.2, 0.25) is 0 Å². The van der Waals surface area contributed by atoms with E-state index >= 15 is 0 Å². The molecule has 0 aliphatic heterocycles. The molecule has 0 aliphatic carbocycles. The molecule has 7 heteroatoms. The van der Waals surface area contributed by atoms with E-state index in [4.69, 9.17) is 22.2 Å². The summed E-state index contributed by atoms with van der Waals surface area (Å²) >= 11 is 7.67. The van der Waals surface area contributed by atoms with Crippen molar-refractivity contribution in [2.45, 2.75) is 31.5 Å². The number of anilines is 1. The van der Waals surface area contributed by atoms with Gasteiger partial charge in [-0.05, 0) is 37.8 Å². The molecule has 0 aliphatic rings. The maximum Gasteiger partial charge on any atom is 0.190 e. The molecule has 0 saturated heterocycles. The molecular formula is C15H19ClN4OS. The molecule has 1 aromatic carbocycles. The largest absolute Gasteiger partial charge is 0.491 e. The van der Waals surface area contributed by atoms with Gasteiger partial charge in [0.05, 0.1) is 6.10 Å². The van der Waals surface area contributed by atoms with Crippen molar-refractivity contribution in [1.29, 1.82) is 0 Å². The summed E-state index contributed by atoms with van der Waals surface area (Å²) < 4.78 is 5.63. The van der Waals surface area contributed by atoms with Gasteiger partial charge in [-0.1, -0.05) is 35.5 Å². The monoisotopic (exact) mass is 338 g/mol. The second kappa shape index (κ2) is 7.67. The maximum atomic E-state index is 6.26. The van der Waals surface area contributed by atoms with Crippen LogP contribution in [0.5, 0.6) is 5.75 Å². The fraction of sp³-hybridized carbons (Fsp3) is 0.333. The summed E-state index contributed by atoms with van der Waals surface area (Å²) in [5, 5.41) is 0.997. The highest BCUT2D eigenvalue weighted by atomic mass is 35.5. The van der Waals surface area contributed by atoms with Crippen LogP contribution < -0.4 is 16.0 Å². The Morgan fingerprint density at radius 3 is 2.50 bits per heavy atom. The van der Waals surface area contributed by atoms with E-state index in [9.17, 15) is 0 Å². The highest BCUT2D eigenvalue weighted by molar-refractivity contribution is 7.98. The highest BCUT2D eigenvalue weighted by Crippen LogP contribution is 2.27. The Morgan fingerprint density at radius 1 is 1.27 bits per heavy atom. The molecule has 0 bridgehead atoms. The van der Waals surface area contributed by atoms with Gasteiger partial charge in [-0.15, -0.1) is 0 Å². The number of benzene rings is 1. The van der Waals surface area contributed by atoms with Gasteiger partial charge in [-0.3, -0.25) is 0 Å². The van der Waals surface area contributed by atoms with Gasteiger partial charge >= 0.3 is 0 Å². The molecule has 118 valence electrons. The van der Waals surface area contributed by atoms with Crippen molar-refractivity contribution in [3.8, 4) is 5.75 Å². The van der Waals surface area contributed by atoms with Gasteiger partial charge in [0.25, 0.3) is 0 Å². The van der Waals surface area contributed by atoms with Crippen LogP contribution in [0.2, 0.25) is 5.15 Å². The molecule has 0 saturated carbocycles. The summed E-state index contributed by atoms with van der Waals surface area (Å²) in [5.41, 5.74) is 4.45. The molecule has 0 radical (unpaired) electrons. The van der Waals surface area contributed by atoms with Crippen molar-refractivity contribution in [1.82, 2.24) is 9.97 Å². The Labute approximate surface area is 139 Å². The molecule has 0 unspecified atom stereocenters. The lowest BCUT2D eigenvalue weighted by atomic mass is 10.1. The number of nitrogens with two attached hydrogens (primary N) is 1. The predicted octanol–water partition coefficient (Wildman–Crippen LogP) is 3.52. The SMILES string of the molecule is CSc1nc(Cl)c(Cc2ccc(OC(C)C)cc2)c(NN)n1. The minimum Gasteiger partial charge on any atom is -0.491 e. The molecule has 0 spiro atoms. The van der Waals surface area contributed by atoms with Crippen molar-refractivity contribution in [3.63, 3.8) is 0 Å². The van der Waals surface area contributed by atoms with Gasteiger partial charge in [0.1, 0.15) is 16.7 Å². The second-order valence-electron chi connectivity index (χ2n) is 4.96. The quantitative estimate of drug-likeness (QED) is 0.276. The molecule has 2 rings (SSSR count). The number of nitrogen functional groups attached to an aromatic ring is 1. The van der Waals surface area contributed by atoms with E-state index in [1.807, 2.05) is 44.4 Å². The van der Waals surface area contributed by atoms with Crippen LogP contribution in [0, 0.1) is 0 Å². The first-order valence-corrected chi connectivity index (χ1v) is 8.46. The molecule has 3 N–H and O–H groups in total. The fourth-order valence-electron chi connectivity index (χ4n) is 1.97. The Bertz CT molecular complexity index is 634. The van der Waals surface area contributed by atoms with E-state index in [2.05, 4.69) is 15.4 Å². The summed E-state index contributed by atoms with van der Waals surface area (Å²) in [6.45, 7) is 4.00. The van der Waals surface area contributed by atoms with Crippen LogP contribution in [0.15, 0.2) is 29.4 Å². The lowest BCUT2D eigenvalue weighted by Crippen LogP contribution is -2.13. The van der Waals surface area contributed by atoms with Crippen molar-refractivity contribution in [3.05, 3.63) is 40.5 Å². The van der Waals surface area contributed by atoms with Crippen molar-refractivity contribution < 1.29 is 4.74 Å². The number of hydrogen-bond acceptors (Lipinski definition) is 6. The van der Waals surface area contributed by atoms with Gasteiger partial charge in [0, 0.05) is 12.0 Å². The topological polar surface area (TPSA) is 73.1 Å².